The summed E-state index contributed by atoms with van der Waals surface area (Å²) in [6, 6.07) is 3.20. The van der Waals surface area contributed by atoms with Crippen LogP contribution in [0, 0.1) is 5.92 Å². The number of rotatable bonds is 2. The van der Waals surface area contributed by atoms with Gasteiger partial charge in [0.1, 0.15) is 5.69 Å². The number of carbonyl (C=O) groups is 2. The van der Waals surface area contributed by atoms with Crippen molar-refractivity contribution in [2.75, 3.05) is 13.1 Å². The Morgan fingerprint density at radius 1 is 1.33 bits per heavy atom. The van der Waals surface area contributed by atoms with Crippen molar-refractivity contribution in [1.82, 2.24) is 14.3 Å². The maximum Gasteiger partial charge on any atom is 0.274 e. The average Bonchev–Trinajstić information content (AvgIpc) is 2.92. The Kier molecular flexibility index (Phi) is 3.25. The molecular formula is C14H16N4O3. The van der Waals surface area contributed by atoms with E-state index < -0.39 is 0 Å². The van der Waals surface area contributed by atoms with E-state index in [1.165, 1.54) is 6.07 Å². The summed E-state index contributed by atoms with van der Waals surface area (Å²) in [5, 5.41) is 9.71. The van der Waals surface area contributed by atoms with Crippen LogP contribution in [0.1, 0.15) is 23.3 Å². The number of primary amides is 1. The maximum absolute atomic E-state index is 12.4. The number of nitrogens with two attached hydrogens (primary N) is 1. The molecule has 1 aliphatic heterocycles. The van der Waals surface area contributed by atoms with Gasteiger partial charge in [0.15, 0.2) is 11.4 Å². The van der Waals surface area contributed by atoms with E-state index in [0.717, 1.165) is 0 Å². The molecule has 1 aliphatic rings. The zero-order valence-electron chi connectivity index (χ0n) is 11.4. The van der Waals surface area contributed by atoms with Crippen LogP contribution in [-0.2, 0) is 4.79 Å². The standard InChI is InChI=1S/C14H16N4O3/c15-12(20)9-3-6-17(7-4-9)14(21)10-8-18-5-1-2-11(19)13(18)16-10/h1-2,5,8-9,19H,3-4,6-7H2,(H2,15,20). The number of imidazole rings is 1. The number of aromatic hydroxyl groups is 1. The van der Waals surface area contributed by atoms with Crippen LogP contribution in [0.15, 0.2) is 24.5 Å². The number of amides is 2. The van der Waals surface area contributed by atoms with Crippen molar-refractivity contribution in [2.45, 2.75) is 12.8 Å². The summed E-state index contributed by atoms with van der Waals surface area (Å²) in [7, 11) is 0. The first-order chi connectivity index (χ1) is 10.1. The molecule has 2 aromatic heterocycles. The molecule has 0 aliphatic carbocycles. The lowest BCUT2D eigenvalue weighted by Gasteiger charge is -2.29. The first kappa shape index (κ1) is 13.4. The van der Waals surface area contributed by atoms with Crippen LogP contribution in [0.25, 0.3) is 5.65 Å². The highest BCUT2D eigenvalue weighted by Crippen LogP contribution is 2.21. The average molecular weight is 288 g/mol. The van der Waals surface area contributed by atoms with Gasteiger partial charge in [0.25, 0.3) is 5.91 Å². The zero-order valence-corrected chi connectivity index (χ0v) is 11.4. The van der Waals surface area contributed by atoms with E-state index in [0.29, 0.717) is 31.6 Å². The highest BCUT2D eigenvalue weighted by atomic mass is 16.3. The molecule has 0 bridgehead atoms. The van der Waals surface area contributed by atoms with Crippen LogP contribution in [0.5, 0.6) is 5.75 Å². The third-order valence-corrected chi connectivity index (χ3v) is 3.87. The van der Waals surface area contributed by atoms with Crippen molar-refractivity contribution in [3.8, 4) is 5.75 Å². The molecule has 7 nitrogen and oxygen atoms in total. The van der Waals surface area contributed by atoms with E-state index in [1.807, 2.05) is 0 Å². The number of nitrogens with zero attached hydrogens (tertiary/aromatic N) is 3. The normalized spacial score (nSPS) is 16.3. The molecule has 3 N–H and O–H groups in total. The van der Waals surface area contributed by atoms with E-state index in [1.54, 1.807) is 27.8 Å². The summed E-state index contributed by atoms with van der Waals surface area (Å²) in [5.74, 6) is -0.621. The number of hydrogen-bond acceptors (Lipinski definition) is 4. The lowest BCUT2D eigenvalue weighted by atomic mass is 9.96. The van der Waals surface area contributed by atoms with Crippen molar-refractivity contribution < 1.29 is 14.7 Å². The number of hydrogen-bond donors (Lipinski definition) is 2. The van der Waals surface area contributed by atoms with E-state index >= 15 is 0 Å². The van der Waals surface area contributed by atoms with Crippen LogP contribution in [0.3, 0.4) is 0 Å². The molecule has 1 saturated heterocycles. The minimum absolute atomic E-state index is 0.0315. The fourth-order valence-corrected chi connectivity index (χ4v) is 2.63. The van der Waals surface area contributed by atoms with Crippen LogP contribution < -0.4 is 5.73 Å². The first-order valence-electron chi connectivity index (χ1n) is 6.81. The summed E-state index contributed by atoms with van der Waals surface area (Å²) >= 11 is 0. The van der Waals surface area contributed by atoms with Gasteiger partial charge in [-0.3, -0.25) is 9.59 Å². The Morgan fingerprint density at radius 2 is 2.05 bits per heavy atom. The smallest absolute Gasteiger partial charge is 0.274 e. The Bertz CT molecular complexity index is 701. The Hall–Kier alpha value is -2.57. The van der Waals surface area contributed by atoms with Gasteiger partial charge in [-0.25, -0.2) is 4.98 Å². The summed E-state index contributed by atoms with van der Waals surface area (Å²) in [5.41, 5.74) is 5.92. The molecular weight excluding hydrogens is 272 g/mol. The SMILES string of the molecule is NC(=O)C1CCN(C(=O)c2cn3cccc(O)c3n2)CC1. The Labute approximate surface area is 121 Å². The van der Waals surface area contributed by atoms with Gasteiger partial charge in [-0.1, -0.05) is 0 Å². The van der Waals surface area contributed by atoms with Crippen LogP contribution in [0.4, 0.5) is 0 Å². The van der Waals surface area contributed by atoms with E-state index in [-0.39, 0.29) is 29.2 Å². The molecule has 0 aromatic carbocycles. The molecule has 3 rings (SSSR count). The molecule has 1 fully saturated rings. The number of likely N-dealkylation sites (tertiary alicyclic amines) is 1. The van der Waals surface area contributed by atoms with Gasteiger partial charge in [-0.15, -0.1) is 0 Å². The minimum atomic E-state index is -0.306. The number of pyridine rings is 1. The second kappa shape index (κ2) is 5.08. The second-order valence-corrected chi connectivity index (χ2v) is 5.22. The fourth-order valence-electron chi connectivity index (χ4n) is 2.63. The highest BCUT2D eigenvalue weighted by Gasteiger charge is 2.27. The van der Waals surface area contributed by atoms with Gasteiger partial charge in [0.2, 0.25) is 5.91 Å². The molecule has 2 aromatic rings. The lowest BCUT2D eigenvalue weighted by molar-refractivity contribution is -0.123. The van der Waals surface area contributed by atoms with Gasteiger partial charge in [-0.2, -0.15) is 0 Å². The van der Waals surface area contributed by atoms with Gasteiger partial charge >= 0.3 is 0 Å². The van der Waals surface area contributed by atoms with Crippen molar-refractivity contribution in [3.63, 3.8) is 0 Å². The quantitative estimate of drug-likeness (QED) is 0.834. The number of aromatic nitrogens is 2. The third-order valence-electron chi connectivity index (χ3n) is 3.87. The van der Waals surface area contributed by atoms with Crippen LogP contribution in [0.2, 0.25) is 0 Å². The first-order valence-corrected chi connectivity index (χ1v) is 6.81. The molecule has 0 atom stereocenters. The van der Waals surface area contributed by atoms with Gasteiger partial charge in [0, 0.05) is 31.4 Å². The summed E-state index contributed by atoms with van der Waals surface area (Å²) < 4.78 is 1.61. The molecule has 3 heterocycles. The third kappa shape index (κ3) is 2.42. The predicted octanol–water partition coefficient (Wildman–Crippen LogP) is 0.377. The second-order valence-electron chi connectivity index (χ2n) is 5.22. The van der Waals surface area contributed by atoms with Crippen molar-refractivity contribution in [3.05, 3.63) is 30.2 Å². The van der Waals surface area contributed by atoms with E-state index in [4.69, 9.17) is 5.73 Å². The molecule has 110 valence electrons. The number of piperidine rings is 1. The molecule has 0 spiro atoms. The monoisotopic (exact) mass is 288 g/mol. The summed E-state index contributed by atoms with van der Waals surface area (Å²) in [6.07, 6.45) is 4.48. The molecule has 0 unspecified atom stereocenters. The fraction of sp³-hybridized carbons (Fsp3) is 0.357. The van der Waals surface area contributed by atoms with Gasteiger partial charge in [0.05, 0.1) is 0 Å². The predicted molar refractivity (Wildman–Crippen MR) is 74.7 cm³/mol. The number of fused-ring (bicyclic) bond motifs is 1. The molecule has 0 radical (unpaired) electrons. The number of carbonyl (C=O) groups excluding carboxylic acids is 2. The molecule has 21 heavy (non-hydrogen) atoms. The van der Waals surface area contributed by atoms with E-state index in [9.17, 15) is 14.7 Å². The molecule has 7 heteroatoms. The minimum Gasteiger partial charge on any atom is -0.504 e. The van der Waals surface area contributed by atoms with Crippen LogP contribution in [-0.4, -0.2) is 44.3 Å². The van der Waals surface area contributed by atoms with Gasteiger partial charge in [-0.05, 0) is 25.0 Å². The highest BCUT2D eigenvalue weighted by molar-refractivity contribution is 5.93. The van der Waals surface area contributed by atoms with Crippen LogP contribution >= 0.6 is 0 Å². The van der Waals surface area contributed by atoms with Crippen molar-refractivity contribution >= 4 is 17.5 Å². The molecule has 0 saturated carbocycles. The van der Waals surface area contributed by atoms with Crippen molar-refractivity contribution in [1.29, 1.82) is 0 Å². The van der Waals surface area contributed by atoms with Gasteiger partial charge < -0.3 is 20.1 Å². The zero-order chi connectivity index (χ0) is 15.0. The Balaban J connectivity index is 1.78. The summed E-state index contributed by atoms with van der Waals surface area (Å²) in [6.45, 7) is 0.985. The molecule has 2 amide bonds. The largest absolute Gasteiger partial charge is 0.504 e. The Morgan fingerprint density at radius 3 is 2.67 bits per heavy atom. The topological polar surface area (TPSA) is 101 Å². The van der Waals surface area contributed by atoms with E-state index in [2.05, 4.69) is 4.98 Å². The van der Waals surface area contributed by atoms with Crippen molar-refractivity contribution in [2.24, 2.45) is 11.7 Å². The lowest BCUT2D eigenvalue weighted by Crippen LogP contribution is -2.41. The summed E-state index contributed by atoms with van der Waals surface area (Å²) in [4.78, 5) is 29.4. The maximum atomic E-state index is 12.4.